The first kappa shape index (κ1) is 18.8. The molecule has 0 saturated heterocycles. The van der Waals surface area contributed by atoms with Crippen LogP contribution in [0.1, 0.15) is 45.1 Å². The fourth-order valence-corrected chi connectivity index (χ4v) is 2.95. The summed E-state index contributed by atoms with van der Waals surface area (Å²) >= 11 is 5.88. The maximum Gasteiger partial charge on any atom is 0.339 e. The van der Waals surface area contributed by atoms with E-state index in [-0.39, 0.29) is 5.78 Å². The molecule has 0 aliphatic rings. The van der Waals surface area contributed by atoms with E-state index in [1.165, 1.54) is 11.9 Å². The Morgan fingerprint density at radius 3 is 2.52 bits per heavy atom. The summed E-state index contributed by atoms with van der Waals surface area (Å²) in [6.45, 7) is 5.08. The highest BCUT2D eigenvalue weighted by molar-refractivity contribution is 6.30. The zero-order chi connectivity index (χ0) is 19.7. The third-order valence-electron chi connectivity index (χ3n) is 4.33. The van der Waals surface area contributed by atoms with E-state index in [0.717, 1.165) is 5.56 Å². The molecule has 0 aliphatic carbocycles. The molecule has 2 aromatic heterocycles. The number of hydrogen-bond acceptors (Lipinski definition) is 6. The maximum atomic E-state index is 12.9. The fraction of sp³-hybridized carbons (Fsp3) is 0.278. The normalized spacial score (nSPS) is 12.0. The molecule has 2 heterocycles. The van der Waals surface area contributed by atoms with Gasteiger partial charge in [0, 0.05) is 16.3 Å². The van der Waals surface area contributed by atoms with Crippen LogP contribution in [0.25, 0.3) is 11.4 Å². The molecular formula is C18H18ClN5O3. The largest absolute Gasteiger partial charge is 0.465 e. The van der Waals surface area contributed by atoms with Gasteiger partial charge in [-0.15, -0.1) is 10.2 Å². The topological polar surface area (TPSA) is 103 Å². The third-order valence-corrected chi connectivity index (χ3v) is 4.58. The third kappa shape index (κ3) is 3.48. The summed E-state index contributed by atoms with van der Waals surface area (Å²) in [4.78, 5) is 29.0. The number of carbonyl (C=O) groups is 2. The number of aromatic nitrogens is 5. The summed E-state index contributed by atoms with van der Waals surface area (Å²) in [6.07, 6.45) is 0. The number of tetrazole rings is 1. The minimum atomic E-state index is -0.708. The van der Waals surface area contributed by atoms with E-state index < -0.39 is 12.0 Å². The number of aromatic amines is 1. The predicted molar refractivity (Wildman–Crippen MR) is 98.9 cm³/mol. The first-order valence-electron chi connectivity index (χ1n) is 8.20. The first-order valence-corrected chi connectivity index (χ1v) is 8.58. The smallest absolute Gasteiger partial charge is 0.339 e. The molecule has 9 heteroatoms. The number of nitrogens with one attached hydrogen (secondary N) is 1. The molecule has 0 radical (unpaired) electrons. The van der Waals surface area contributed by atoms with Crippen molar-refractivity contribution < 1.29 is 14.3 Å². The van der Waals surface area contributed by atoms with Gasteiger partial charge in [-0.05, 0) is 55.8 Å². The van der Waals surface area contributed by atoms with Gasteiger partial charge in [-0.1, -0.05) is 11.6 Å². The van der Waals surface area contributed by atoms with Crippen molar-refractivity contribution >= 4 is 23.4 Å². The van der Waals surface area contributed by atoms with Gasteiger partial charge in [0.2, 0.25) is 11.6 Å². The van der Waals surface area contributed by atoms with Gasteiger partial charge in [0.05, 0.1) is 18.4 Å². The summed E-state index contributed by atoms with van der Waals surface area (Å²) in [5, 5.41) is 12.9. The summed E-state index contributed by atoms with van der Waals surface area (Å²) in [6, 6.07) is 6.30. The molecule has 0 saturated carbocycles. The number of H-pyrrole nitrogens is 1. The number of aryl methyl sites for hydroxylation is 1. The van der Waals surface area contributed by atoms with E-state index in [9.17, 15) is 9.59 Å². The molecule has 1 aromatic carbocycles. The first-order chi connectivity index (χ1) is 12.8. The molecule has 3 aromatic rings. The van der Waals surface area contributed by atoms with Crippen molar-refractivity contribution in [1.29, 1.82) is 0 Å². The second-order valence-corrected chi connectivity index (χ2v) is 6.53. The molecule has 0 bridgehead atoms. The molecule has 140 valence electrons. The average molecular weight is 388 g/mol. The zero-order valence-electron chi connectivity index (χ0n) is 15.3. The van der Waals surface area contributed by atoms with E-state index >= 15 is 0 Å². The van der Waals surface area contributed by atoms with Crippen LogP contribution in [0.5, 0.6) is 0 Å². The molecule has 1 N–H and O–H groups in total. The molecule has 0 amide bonds. The number of esters is 1. The lowest BCUT2D eigenvalue weighted by Gasteiger charge is -2.08. The van der Waals surface area contributed by atoms with Crippen LogP contribution in [0.4, 0.5) is 0 Å². The van der Waals surface area contributed by atoms with Gasteiger partial charge in [0.1, 0.15) is 6.04 Å². The average Bonchev–Trinajstić information content (AvgIpc) is 3.25. The number of carbonyl (C=O) groups excluding carboxylic acids is 2. The Hall–Kier alpha value is -3.00. The number of nitrogens with zero attached hydrogens (tertiary/aromatic N) is 4. The van der Waals surface area contributed by atoms with Crippen molar-refractivity contribution in [2.24, 2.45) is 0 Å². The van der Waals surface area contributed by atoms with Crippen molar-refractivity contribution in [3.8, 4) is 11.4 Å². The Kier molecular flexibility index (Phi) is 5.09. The summed E-state index contributed by atoms with van der Waals surface area (Å²) in [5.41, 5.74) is 2.54. The van der Waals surface area contributed by atoms with Gasteiger partial charge in [0.25, 0.3) is 0 Å². The highest BCUT2D eigenvalue weighted by atomic mass is 35.5. The monoisotopic (exact) mass is 387 g/mol. The Labute approximate surface area is 160 Å². The summed E-state index contributed by atoms with van der Waals surface area (Å²) in [5.74, 6) is -0.358. The van der Waals surface area contributed by atoms with Crippen LogP contribution in [0.3, 0.4) is 0 Å². The number of halogens is 1. The highest BCUT2D eigenvalue weighted by Gasteiger charge is 2.27. The summed E-state index contributed by atoms with van der Waals surface area (Å²) < 4.78 is 4.78. The standard InChI is InChI=1S/C18H18ClN5O3/c1-9-14(18(26)27-4)10(2)20-15(9)16(25)11(3)24-22-17(21-23-24)12-5-7-13(19)8-6-12/h5-8,11,20H,1-4H3. The molecule has 1 atom stereocenters. The lowest BCUT2D eigenvalue weighted by atomic mass is 10.1. The van der Waals surface area contributed by atoms with Crippen molar-refractivity contribution in [3.63, 3.8) is 0 Å². The number of methoxy groups -OCH3 is 1. The van der Waals surface area contributed by atoms with Crippen LogP contribution in [-0.2, 0) is 4.74 Å². The summed E-state index contributed by atoms with van der Waals surface area (Å²) in [7, 11) is 1.30. The van der Waals surface area contributed by atoms with E-state index in [2.05, 4.69) is 20.4 Å². The number of rotatable bonds is 5. The van der Waals surface area contributed by atoms with Crippen LogP contribution >= 0.6 is 11.6 Å². The zero-order valence-corrected chi connectivity index (χ0v) is 16.0. The molecule has 8 nitrogen and oxygen atoms in total. The quantitative estimate of drug-likeness (QED) is 0.532. The van der Waals surface area contributed by atoms with Crippen LogP contribution in [0.2, 0.25) is 5.02 Å². The van der Waals surface area contributed by atoms with Gasteiger partial charge in [-0.25, -0.2) is 4.79 Å². The van der Waals surface area contributed by atoms with Crippen molar-refractivity contribution in [2.75, 3.05) is 7.11 Å². The molecule has 1 unspecified atom stereocenters. The van der Waals surface area contributed by atoms with Crippen LogP contribution in [-0.4, -0.2) is 44.1 Å². The van der Waals surface area contributed by atoms with Crippen LogP contribution in [0.15, 0.2) is 24.3 Å². The lowest BCUT2D eigenvalue weighted by molar-refractivity contribution is 0.0599. The van der Waals surface area contributed by atoms with Gasteiger partial charge < -0.3 is 9.72 Å². The minimum Gasteiger partial charge on any atom is -0.465 e. The molecule has 27 heavy (non-hydrogen) atoms. The van der Waals surface area contributed by atoms with Crippen LogP contribution < -0.4 is 0 Å². The lowest BCUT2D eigenvalue weighted by Crippen LogP contribution is -2.20. The SMILES string of the molecule is COC(=O)c1c(C)[nH]c(C(=O)C(C)n2nnc(-c3ccc(Cl)cc3)n2)c1C. The fourth-order valence-electron chi connectivity index (χ4n) is 2.82. The highest BCUT2D eigenvalue weighted by Crippen LogP contribution is 2.23. The minimum absolute atomic E-state index is 0.259. The van der Waals surface area contributed by atoms with E-state index in [0.29, 0.717) is 33.4 Å². The molecule has 0 fully saturated rings. The van der Waals surface area contributed by atoms with Gasteiger partial charge in [0.15, 0.2) is 0 Å². The molecule has 3 rings (SSSR count). The van der Waals surface area contributed by atoms with Gasteiger partial charge >= 0.3 is 5.97 Å². The van der Waals surface area contributed by atoms with Gasteiger partial charge in [-0.2, -0.15) is 4.80 Å². The van der Waals surface area contributed by atoms with Crippen molar-refractivity contribution in [2.45, 2.75) is 26.8 Å². The van der Waals surface area contributed by atoms with Crippen LogP contribution in [0, 0.1) is 13.8 Å². The predicted octanol–water partition coefficient (Wildman–Crippen LogP) is 3.17. The number of ether oxygens (including phenoxy) is 1. The molecular weight excluding hydrogens is 370 g/mol. The second kappa shape index (κ2) is 7.32. The Morgan fingerprint density at radius 2 is 1.89 bits per heavy atom. The number of benzene rings is 1. The van der Waals surface area contributed by atoms with Crippen molar-refractivity contribution in [3.05, 3.63) is 51.8 Å². The number of ketones is 1. The molecule has 0 spiro atoms. The second-order valence-electron chi connectivity index (χ2n) is 6.10. The maximum absolute atomic E-state index is 12.9. The van der Waals surface area contributed by atoms with E-state index in [4.69, 9.17) is 16.3 Å². The van der Waals surface area contributed by atoms with E-state index in [1.807, 2.05) is 0 Å². The number of hydrogen-bond donors (Lipinski definition) is 1. The number of Topliss-reactive ketones (excluding diaryl/α,β-unsaturated/α-hetero) is 1. The Bertz CT molecular complexity index is 1010. The van der Waals surface area contributed by atoms with E-state index in [1.54, 1.807) is 45.0 Å². The van der Waals surface area contributed by atoms with Crippen molar-refractivity contribution in [1.82, 2.24) is 25.2 Å². The van der Waals surface area contributed by atoms with Gasteiger partial charge in [-0.3, -0.25) is 4.79 Å². The molecule has 0 aliphatic heterocycles. The Morgan fingerprint density at radius 1 is 1.22 bits per heavy atom. The Balaban J connectivity index is 1.88.